The van der Waals surface area contributed by atoms with Gasteiger partial charge in [-0.3, -0.25) is 4.79 Å². The van der Waals surface area contributed by atoms with Crippen molar-refractivity contribution in [3.8, 4) is 0 Å². The highest BCUT2D eigenvalue weighted by Crippen LogP contribution is 2.31. The topological polar surface area (TPSA) is 79.5 Å². The molecular formula is C22H17NO4. The lowest BCUT2D eigenvalue weighted by Gasteiger charge is -2.15. The first-order valence-corrected chi connectivity index (χ1v) is 8.58. The van der Waals surface area contributed by atoms with Crippen LogP contribution in [0.3, 0.4) is 0 Å². The molecule has 1 unspecified atom stereocenters. The summed E-state index contributed by atoms with van der Waals surface area (Å²) in [7, 11) is 0. The van der Waals surface area contributed by atoms with Crippen LogP contribution in [-0.2, 0) is 4.79 Å². The van der Waals surface area contributed by atoms with Crippen LogP contribution in [0.2, 0.25) is 0 Å². The SMILES string of the molecule is CC(C(=O)Nc1cccc2coc(C(=O)O)c12)c1cccc2ccccc12. The van der Waals surface area contributed by atoms with Crippen LogP contribution >= 0.6 is 0 Å². The Morgan fingerprint density at radius 2 is 1.67 bits per heavy atom. The van der Waals surface area contributed by atoms with E-state index in [1.165, 1.54) is 6.26 Å². The highest BCUT2D eigenvalue weighted by molar-refractivity contribution is 6.11. The molecule has 0 saturated carbocycles. The predicted molar refractivity (Wildman–Crippen MR) is 104 cm³/mol. The molecule has 0 radical (unpaired) electrons. The van der Waals surface area contributed by atoms with E-state index in [2.05, 4.69) is 5.32 Å². The smallest absolute Gasteiger partial charge is 0.372 e. The molecule has 4 rings (SSSR count). The molecule has 5 nitrogen and oxygen atoms in total. The number of hydrogen-bond donors (Lipinski definition) is 2. The van der Waals surface area contributed by atoms with Crippen LogP contribution in [0.1, 0.15) is 29.0 Å². The average molecular weight is 359 g/mol. The maximum atomic E-state index is 12.9. The van der Waals surface area contributed by atoms with Gasteiger partial charge in [0.05, 0.1) is 23.3 Å². The number of hydrogen-bond acceptors (Lipinski definition) is 3. The lowest BCUT2D eigenvalue weighted by Crippen LogP contribution is -2.19. The minimum Gasteiger partial charge on any atom is -0.475 e. The molecule has 1 amide bonds. The van der Waals surface area contributed by atoms with Gasteiger partial charge in [-0.1, -0.05) is 54.6 Å². The lowest BCUT2D eigenvalue weighted by molar-refractivity contribution is -0.117. The van der Waals surface area contributed by atoms with E-state index in [1.807, 2.05) is 49.4 Å². The van der Waals surface area contributed by atoms with Crippen molar-refractivity contribution >= 4 is 39.1 Å². The number of benzene rings is 3. The number of carboxylic acid groups (broad SMARTS) is 1. The number of carbonyl (C=O) groups excluding carboxylic acids is 1. The van der Waals surface area contributed by atoms with Crippen molar-refractivity contribution in [2.45, 2.75) is 12.8 Å². The maximum Gasteiger partial charge on any atom is 0.372 e. The Balaban J connectivity index is 1.71. The van der Waals surface area contributed by atoms with E-state index in [0.717, 1.165) is 16.3 Å². The third-order valence-corrected chi connectivity index (χ3v) is 4.76. The molecule has 0 aliphatic rings. The molecule has 27 heavy (non-hydrogen) atoms. The molecule has 2 N–H and O–H groups in total. The first-order chi connectivity index (χ1) is 13.1. The largest absolute Gasteiger partial charge is 0.475 e. The Hall–Kier alpha value is -3.60. The van der Waals surface area contributed by atoms with Gasteiger partial charge in [-0.25, -0.2) is 4.79 Å². The van der Waals surface area contributed by atoms with Gasteiger partial charge in [0.2, 0.25) is 11.7 Å². The summed E-state index contributed by atoms with van der Waals surface area (Å²) in [5, 5.41) is 15.3. The quantitative estimate of drug-likeness (QED) is 0.536. The minimum absolute atomic E-state index is 0.182. The number of anilines is 1. The molecule has 0 aliphatic heterocycles. The number of nitrogens with one attached hydrogen (secondary N) is 1. The molecule has 0 bridgehead atoms. The Morgan fingerprint density at radius 3 is 2.48 bits per heavy atom. The summed E-state index contributed by atoms with van der Waals surface area (Å²) in [4.78, 5) is 24.3. The van der Waals surface area contributed by atoms with Gasteiger partial charge in [0.25, 0.3) is 0 Å². The normalized spacial score (nSPS) is 12.2. The van der Waals surface area contributed by atoms with Crippen molar-refractivity contribution in [2.24, 2.45) is 0 Å². The summed E-state index contributed by atoms with van der Waals surface area (Å²) >= 11 is 0. The summed E-state index contributed by atoms with van der Waals surface area (Å²) in [5.41, 5.74) is 1.35. The minimum atomic E-state index is -1.17. The van der Waals surface area contributed by atoms with E-state index < -0.39 is 11.9 Å². The molecular weight excluding hydrogens is 342 g/mol. The third kappa shape index (κ3) is 2.93. The second-order valence-electron chi connectivity index (χ2n) is 6.42. The summed E-state index contributed by atoms with van der Waals surface area (Å²) in [6.07, 6.45) is 1.38. The van der Waals surface area contributed by atoms with Crippen LogP contribution < -0.4 is 5.32 Å². The van der Waals surface area contributed by atoms with Gasteiger partial charge in [0.15, 0.2) is 0 Å². The van der Waals surface area contributed by atoms with Crippen molar-refractivity contribution in [3.05, 3.63) is 78.3 Å². The van der Waals surface area contributed by atoms with E-state index in [-0.39, 0.29) is 11.7 Å². The number of aromatic carboxylic acids is 1. The second kappa shape index (κ2) is 6.61. The molecule has 3 aromatic carbocycles. The summed E-state index contributed by atoms with van der Waals surface area (Å²) in [6, 6.07) is 19.0. The van der Waals surface area contributed by atoms with E-state index in [9.17, 15) is 14.7 Å². The molecule has 0 aliphatic carbocycles. The number of carbonyl (C=O) groups is 2. The van der Waals surface area contributed by atoms with Crippen LogP contribution in [0.4, 0.5) is 5.69 Å². The number of furan rings is 1. The van der Waals surface area contributed by atoms with Gasteiger partial charge in [-0.15, -0.1) is 0 Å². The number of rotatable bonds is 4. The molecule has 134 valence electrons. The van der Waals surface area contributed by atoms with Crippen LogP contribution in [0.25, 0.3) is 21.5 Å². The zero-order valence-corrected chi connectivity index (χ0v) is 14.6. The molecule has 0 saturated heterocycles. The first-order valence-electron chi connectivity index (χ1n) is 8.58. The van der Waals surface area contributed by atoms with Gasteiger partial charge in [-0.2, -0.15) is 0 Å². The van der Waals surface area contributed by atoms with Gasteiger partial charge in [0, 0.05) is 5.39 Å². The van der Waals surface area contributed by atoms with E-state index >= 15 is 0 Å². The average Bonchev–Trinajstić information content (AvgIpc) is 3.12. The van der Waals surface area contributed by atoms with Crippen LogP contribution in [0.5, 0.6) is 0 Å². The van der Waals surface area contributed by atoms with Gasteiger partial charge >= 0.3 is 5.97 Å². The fraction of sp³-hybridized carbons (Fsp3) is 0.0909. The van der Waals surface area contributed by atoms with Crippen LogP contribution in [0.15, 0.2) is 71.3 Å². The zero-order valence-electron chi connectivity index (χ0n) is 14.6. The third-order valence-electron chi connectivity index (χ3n) is 4.76. The van der Waals surface area contributed by atoms with E-state index in [0.29, 0.717) is 16.5 Å². The molecule has 1 atom stereocenters. The Kier molecular flexibility index (Phi) is 4.12. The van der Waals surface area contributed by atoms with Crippen LogP contribution in [-0.4, -0.2) is 17.0 Å². The van der Waals surface area contributed by atoms with Crippen molar-refractivity contribution in [2.75, 3.05) is 5.32 Å². The highest BCUT2D eigenvalue weighted by Gasteiger charge is 2.21. The summed E-state index contributed by atoms with van der Waals surface area (Å²) in [5.74, 6) is -1.98. The molecule has 4 aromatic rings. The first kappa shape index (κ1) is 16.8. The molecule has 1 heterocycles. The van der Waals surface area contributed by atoms with Gasteiger partial charge in [0.1, 0.15) is 0 Å². The standard InChI is InChI=1S/C22H17NO4/c1-13(16-10-4-7-14-6-2-3-9-17(14)16)21(24)23-18-11-5-8-15-12-27-20(19(15)18)22(25)26/h2-13H,1H3,(H,23,24)(H,25,26). The Morgan fingerprint density at radius 1 is 0.963 bits per heavy atom. The zero-order chi connectivity index (χ0) is 19.0. The fourth-order valence-electron chi connectivity index (χ4n) is 3.37. The van der Waals surface area contributed by atoms with E-state index in [1.54, 1.807) is 18.2 Å². The number of fused-ring (bicyclic) bond motifs is 2. The molecule has 0 spiro atoms. The summed E-state index contributed by atoms with van der Waals surface area (Å²) < 4.78 is 5.15. The summed E-state index contributed by atoms with van der Waals surface area (Å²) in [6.45, 7) is 1.84. The maximum absolute atomic E-state index is 12.9. The predicted octanol–water partition coefficient (Wildman–Crippen LogP) is 5.03. The second-order valence-corrected chi connectivity index (χ2v) is 6.42. The molecule has 5 heteroatoms. The molecule has 0 fully saturated rings. The highest BCUT2D eigenvalue weighted by atomic mass is 16.4. The Labute approximate surface area is 155 Å². The lowest BCUT2D eigenvalue weighted by atomic mass is 9.94. The van der Waals surface area contributed by atoms with Crippen molar-refractivity contribution in [1.29, 1.82) is 0 Å². The van der Waals surface area contributed by atoms with Crippen molar-refractivity contribution < 1.29 is 19.1 Å². The van der Waals surface area contributed by atoms with Crippen molar-refractivity contribution in [1.82, 2.24) is 0 Å². The van der Waals surface area contributed by atoms with Gasteiger partial charge < -0.3 is 14.8 Å². The molecule has 1 aromatic heterocycles. The van der Waals surface area contributed by atoms with Gasteiger partial charge in [-0.05, 0) is 29.3 Å². The monoisotopic (exact) mass is 359 g/mol. The fourth-order valence-corrected chi connectivity index (χ4v) is 3.37. The van der Waals surface area contributed by atoms with Crippen molar-refractivity contribution in [3.63, 3.8) is 0 Å². The number of amides is 1. The Bertz CT molecular complexity index is 1170. The number of carboxylic acids is 1. The van der Waals surface area contributed by atoms with E-state index in [4.69, 9.17) is 4.42 Å². The van der Waals surface area contributed by atoms with Crippen LogP contribution in [0, 0.1) is 0 Å².